The molecular formula is C97H94BrN17O8. The van der Waals surface area contributed by atoms with Gasteiger partial charge in [0.25, 0.3) is 0 Å². The Morgan fingerprint density at radius 1 is 0.407 bits per heavy atom. The maximum Gasteiger partial charge on any atom is 0.326 e. The summed E-state index contributed by atoms with van der Waals surface area (Å²) < 4.78 is 5.77. The first-order valence-electron chi connectivity index (χ1n) is 41.2. The number of H-pyrrole nitrogens is 5. The Morgan fingerprint density at radius 3 is 1.25 bits per heavy atom. The van der Waals surface area contributed by atoms with Crippen molar-refractivity contribution in [3.8, 4) is 22.5 Å². The highest BCUT2D eigenvalue weighted by molar-refractivity contribution is 9.08. The van der Waals surface area contributed by atoms with Crippen LogP contribution in [0.1, 0.15) is 122 Å². The molecule has 0 unspecified atom stereocenters. The molecule has 3 fully saturated rings. The van der Waals surface area contributed by atoms with Crippen LogP contribution >= 0.6 is 15.9 Å². The number of anilines is 2. The number of nitrogens with one attached hydrogen (secondary N) is 6. The number of Topliss-reactive ketones (excluding diaryl/α,β-unsaturated/α-hetero) is 4. The number of hydrogen-bond donors (Lipinski definition) is 9. The third-order valence-corrected chi connectivity index (χ3v) is 23.1. The first-order chi connectivity index (χ1) is 60.1. The number of rotatable bonds is 16. The molecule has 3 saturated heterocycles. The molecule has 6 aromatic heterocycles. The molecule has 0 radical (unpaired) electrons. The number of fused-ring (bicyclic) bond motifs is 6. The molecule has 123 heavy (non-hydrogen) atoms. The number of piperidine rings is 3. The zero-order valence-electron chi connectivity index (χ0n) is 67.9. The summed E-state index contributed by atoms with van der Waals surface area (Å²) in [6.07, 6.45) is 8.99. The first kappa shape index (κ1) is 84.1. The normalized spacial score (nSPS) is 14.0. The number of carbonyl (C=O) groups excluding carboxylic acids is 4. The third-order valence-electron chi connectivity index (χ3n) is 22.4. The van der Waals surface area contributed by atoms with Gasteiger partial charge >= 0.3 is 17.1 Å². The van der Waals surface area contributed by atoms with Crippen molar-refractivity contribution in [1.29, 1.82) is 0 Å². The number of nitrogens with two attached hydrogens (primary N) is 2. The molecule has 0 saturated carbocycles. The van der Waals surface area contributed by atoms with E-state index in [4.69, 9.17) is 21.6 Å². The Balaban J connectivity index is 0.000000127. The fourth-order valence-electron chi connectivity index (χ4n) is 16.1. The van der Waals surface area contributed by atoms with E-state index >= 15 is 0 Å². The Hall–Kier alpha value is -13.9. The second-order valence-electron chi connectivity index (χ2n) is 30.5. The molecule has 622 valence electrons. The van der Waals surface area contributed by atoms with E-state index in [0.717, 1.165) is 196 Å². The summed E-state index contributed by atoms with van der Waals surface area (Å²) in [5.41, 5.74) is 32.4. The van der Waals surface area contributed by atoms with Crippen molar-refractivity contribution < 1.29 is 24.3 Å². The molecule has 9 heterocycles. The van der Waals surface area contributed by atoms with E-state index in [0.29, 0.717) is 39.7 Å². The average Bonchev–Trinajstić information content (AvgIpc) is 1.66. The molecule has 0 atom stereocenters. The molecule has 0 aliphatic carbocycles. The van der Waals surface area contributed by atoms with Crippen molar-refractivity contribution in [3.63, 3.8) is 0 Å². The summed E-state index contributed by atoms with van der Waals surface area (Å²) in [6, 6.07) is 82.6. The summed E-state index contributed by atoms with van der Waals surface area (Å²) in [5.74, 6) is -1.92. The summed E-state index contributed by atoms with van der Waals surface area (Å²) >= 11 is 3.33. The number of carbonyl (C=O) groups is 4. The summed E-state index contributed by atoms with van der Waals surface area (Å²) in [4.78, 5) is 124. The minimum Gasteiger partial charge on any atom is -0.397 e. The number of hydrogen-bond acceptors (Lipinski definition) is 17. The van der Waals surface area contributed by atoms with Crippen LogP contribution in [0.4, 0.5) is 11.4 Å². The van der Waals surface area contributed by atoms with E-state index in [1.165, 1.54) is 5.56 Å². The standard InChI is InChI=1S/C34H29N7O.C27H25N3O3.C15H11BrO2.C12H15N3O.C7H8N4.C2H6O/c42-34-39-26-8-4-5-9-31(26)41(34)25-14-16-40(17-15-25)20-22-10-12-24(13-11-22)33-32(23-6-2-1-3-7-23)37-29-18-27-28(36-21-35-27)19-30(29)38-33;31-25(20-6-2-1-3-7-20)26(32)21-12-10-19(11-13-21)18-29-16-14-22(15-17-29)30-24-9-5-4-8-23(24)28-27(30)33;16-10-11-6-8-13(9-7-11)15(18)14(17)12-4-2-1-3-5-12;16-12-14-10-3-1-2-4-11(10)15(12)9-5-7-13-8-6-9;8-4-1-6-7(2-5(4)9)11-3-10-6;1-2-3/h1-13,18-19,21,25,38H,14-17,20H2,(H,39,42);1-13,22H,14-18H2,(H,28,33);1-9H,10H2;1-4,9,13H,5-8H2,(H,14,16);1-3H,8-9H2,(H,10,11);3H,2H2,1H3. The number of likely N-dealkylation sites (tertiary alicyclic amines) is 2. The van der Waals surface area contributed by atoms with Gasteiger partial charge in [0.05, 0.1) is 95.3 Å². The number of alkyl halides is 1. The molecule has 0 amide bonds. The number of imidazole rings is 5. The van der Waals surface area contributed by atoms with Crippen molar-refractivity contribution in [2.75, 3.05) is 57.3 Å². The van der Waals surface area contributed by atoms with Gasteiger partial charge in [0.15, 0.2) is 0 Å². The first-order valence-corrected chi connectivity index (χ1v) is 42.3. The van der Waals surface area contributed by atoms with Gasteiger partial charge < -0.3 is 46.8 Å². The molecule has 0 bridgehead atoms. The second kappa shape index (κ2) is 39.5. The van der Waals surface area contributed by atoms with Gasteiger partial charge in [-0.1, -0.05) is 216 Å². The van der Waals surface area contributed by atoms with Crippen LogP contribution in [-0.4, -0.2) is 142 Å². The van der Waals surface area contributed by atoms with Crippen LogP contribution in [0.5, 0.6) is 0 Å². The molecular weight excluding hydrogens is 1610 g/mol. The molecule has 26 heteroatoms. The number of ketones is 4. The van der Waals surface area contributed by atoms with Gasteiger partial charge in [-0.3, -0.25) is 42.7 Å². The van der Waals surface area contributed by atoms with Gasteiger partial charge in [0.2, 0.25) is 23.1 Å². The van der Waals surface area contributed by atoms with Crippen LogP contribution < -0.4 is 33.9 Å². The van der Waals surface area contributed by atoms with Crippen molar-refractivity contribution >= 4 is 117 Å². The average molecular weight is 1710 g/mol. The number of aromatic amines is 5. The van der Waals surface area contributed by atoms with Crippen LogP contribution in [0, 0.1) is 0 Å². The lowest BCUT2D eigenvalue weighted by Crippen LogP contribution is -2.36. The van der Waals surface area contributed by atoms with Gasteiger partial charge in [-0.2, -0.15) is 0 Å². The fraction of sp³-hybridized carbons (Fsp3) is 0.206. The third kappa shape index (κ3) is 19.9. The fourth-order valence-corrected chi connectivity index (χ4v) is 16.4. The highest BCUT2D eigenvalue weighted by Crippen LogP contribution is 2.35. The minimum atomic E-state index is -0.488. The van der Waals surface area contributed by atoms with Gasteiger partial charge in [-0.15, -0.1) is 0 Å². The van der Waals surface area contributed by atoms with E-state index in [2.05, 4.69) is 107 Å². The highest BCUT2D eigenvalue weighted by atomic mass is 79.9. The van der Waals surface area contributed by atoms with E-state index in [-0.39, 0.29) is 35.8 Å². The van der Waals surface area contributed by atoms with E-state index in [1.54, 1.807) is 105 Å². The number of para-hydroxylation sites is 6. The Bertz CT molecular complexity index is 6660. The number of nitrogens with zero attached hydrogens (tertiary/aromatic N) is 9. The van der Waals surface area contributed by atoms with Crippen LogP contribution in [0.2, 0.25) is 0 Å². The molecule has 11 aromatic carbocycles. The van der Waals surface area contributed by atoms with Crippen molar-refractivity contribution in [1.82, 2.24) is 73.7 Å². The lowest BCUT2D eigenvalue weighted by molar-refractivity contribution is 0.0817. The zero-order chi connectivity index (χ0) is 85.3. The maximum atomic E-state index is 12.7. The number of halogens is 1. The Morgan fingerprint density at radius 2 is 0.797 bits per heavy atom. The summed E-state index contributed by atoms with van der Waals surface area (Å²) in [5, 5.41) is 11.6. The van der Waals surface area contributed by atoms with Gasteiger partial charge in [0, 0.05) is 103 Å². The van der Waals surface area contributed by atoms with E-state index < -0.39 is 23.1 Å². The quantitative estimate of drug-likeness (QED) is 0.0188. The van der Waals surface area contributed by atoms with Crippen molar-refractivity contribution in [2.45, 2.75) is 82.0 Å². The van der Waals surface area contributed by atoms with Crippen LogP contribution in [0.25, 0.3) is 88.7 Å². The second-order valence-corrected chi connectivity index (χ2v) is 31.1. The zero-order valence-corrected chi connectivity index (χ0v) is 69.5. The van der Waals surface area contributed by atoms with Crippen LogP contribution in [0.3, 0.4) is 0 Å². The molecule has 17 aromatic rings. The predicted octanol–water partition coefficient (Wildman–Crippen LogP) is 16.2. The van der Waals surface area contributed by atoms with Gasteiger partial charge in [-0.25, -0.2) is 34.3 Å². The van der Waals surface area contributed by atoms with Gasteiger partial charge in [0.1, 0.15) is 6.33 Å². The minimum absolute atomic E-state index is 0.00721. The molecule has 11 N–H and O–H groups in total. The highest BCUT2D eigenvalue weighted by Gasteiger charge is 2.28. The van der Waals surface area contributed by atoms with E-state index in [9.17, 15) is 33.6 Å². The van der Waals surface area contributed by atoms with Crippen LogP contribution in [-0.2, 0) is 18.4 Å². The largest absolute Gasteiger partial charge is 0.397 e. The Labute approximate surface area is 716 Å². The summed E-state index contributed by atoms with van der Waals surface area (Å²) in [6.45, 7) is 9.28. The number of aromatic nitrogens is 12. The molecule has 25 nitrogen and oxygen atoms in total. The Kier molecular flexibility index (Phi) is 27.0. The maximum absolute atomic E-state index is 12.7. The van der Waals surface area contributed by atoms with Crippen molar-refractivity contribution in [3.05, 3.63) is 344 Å². The molecule has 3 aliphatic rings. The number of nitrogen functional groups attached to an aromatic ring is 2. The molecule has 3 aliphatic heterocycles. The lowest BCUT2D eigenvalue weighted by Gasteiger charge is -2.32. The number of aliphatic hydroxyl groups is 1. The number of benzene rings is 11. The van der Waals surface area contributed by atoms with E-state index in [1.807, 2.05) is 153 Å². The topological polar surface area (TPSA) is 356 Å². The van der Waals surface area contributed by atoms with Crippen LogP contribution in [0.15, 0.2) is 288 Å². The predicted molar refractivity (Wildman–Crippen MR) is 489 cm³/mol. The SMILES string of the molecule is CCO.Nc1cc2nc[nH]c2cc1N.O=C(C(=O)c1ccc(CBr)cc1)c1ccccc1.O=C(C(=O)c1ccc(CN2CCC(n3c(=O)[nH]c4ccccc43)CC2)cc1)c1ccccc1.O=c1[nH]c2ccccc2n1C1CCN(Cc2ccc(-c3[nH]c4cc5ncnc5cc4nc3-c3ccccc3)cc2)CC1.O=c1[nH]c2ccccc2n1C1CCNCC1. The van der Waals surface area contributed by atoms with Gasteiger partial charge in [-0.05, 0) is 136 Å². The van der Waals surface area contributed by atoms with Crippen molar-refractivity contribution in [2.24, 2.45) is 0 Å². The lowest BCUT2D eigenvalue weighted by atomic mass is 10.00. The summed E-state index contributed by atoms with van der Waals surface area (Å²) in [7, 11) is 0. The molecule has 20 rings (SSSR count). The smallest absolute Gasteiger partial charge is 0.326 e. The number of aliphatic hydroxyl groups excluding tert-OH is 1. The molecule has 0 spiro atoms. The monoisotopic (exact) mass is 1700 g/mol.